The zero-order valence-corrected chi connectivity index (χ0v) is 29.5. The molecule has 0 unspecified atom stereocenters. The number of rotatable bonds is 4. The number of para-hydroxylation sites is 7. The van der Waals surface area contributed by atoms with E-state index in [0.717, 1.165) is 82.8 Å². The van der Waals surface area contributed by atoms with Crippen LogP contribution in [-0.4, -0.2) is 13.7 Å². The minimum absolute atomic E-state index is 0.566. The SMILES string of the molecule is N#Cc1c(-c2ccccc2-n2c3ccccc3c3cccc(C#N)c32)cccc1-n1c2ccccc2c2cccc(-n3c4ccccc4c4ccccc43)c21. The van der Waals surface area contributed by atoms with Gasteiger partial charge in [0, 0.05) is 43.4 Å². The summed E-state index contributed by atoms with van der Waals surface area (Å²) in [6.45, 7) is 0. The monoisotopic (exact) mass is 699 g/mol. The lowest BCUT2D eigenvalue weighted by atomic mass is 9.96. The molecule has 5 heteroatoms. The van der Waals surface area contributed by atoms with Crippen LogP contribution >= 0.6 is 0 Å². The van der Waals surface area contributed by atoms with Gasteiger partial charge >= 0.3 is 0 Å². The Morgan fingerprint density at radius 3 is 1.35 bits per heavy atom. The zero-order valence-electron chi connectivity index (χ0n) is 29.5. The topological polar surface area (TPSA) is 62.4 Å². The van der Waals surface area contributed by atoms with E-state index in [4.69, 9.17) is 0 Å². The summed E-state index contributed by atoms with van der Waals surface area (Å²) < 4.78 is 6.83. The normalized spacial score (nSPS) is 11.6. The second-order valence-corrected chi connectivity index (χ2v) is 13.9. The van der Waals surface area contributed by atoms with Crippen LogP contribution in [0, 0.1) is 22.7 Å². The maximum Gasteiger partial charge on any atom is 0.102 e. The van der Waals surface area contributed by atoms with Crippen LogP contribution in [0.15, 0.2) is 176 Å². The quantitative estimate of drug-likeness (QED) is 0.184. The summed E-state index contributed by atoms with van der Waals surface area (Å²) in [4.78, 5) is 0. The zero-order chi connectivity index (χ0) is 36.6. The van der Waals surface area contributed by atoms with E-state index in [0.29, 0.717) is 11.1 Å². The Morgan fingerprint density at radius 1 is 0.309 bits per heavy atom. The van der Waals surface area contributed by atoms with Crippen molar-refractivity contribution in [1.82, 2.24) is 13.7 Å². The Hall–Kier alpha value is -7.86. The van der Waals surface area contributed by atoms with E-state index in [1.54, 1.807) is 0 Å². The Morgan fingerprint density at radius 2 is 0.727 bits per heavy atom. The second-order valence-electron chi connectivity index (χ2n) is 13.9. The molecule has 11 aromatic rings. The lowest BCUT2D eigenvalue weighted by molar-refractivity contribution is 1.12. The van der Waals surface area contributed by atoms with Crippen molar-refractivity contribution in [3.8, 4) is 40.3 Å². The van der Waals surface area contributed by atoms with E-state index < -0.39 is 0 Å². The van der Waals surface area contributed by atoms with Crippen LogP contribution in [0.3, 0.4) is 0 Å². The molecule has 0 saturated heterocycles. The van der Waals surface area contributed by atoms with Gasteiger partial charge in [-0.15, -0.1) is 0 Å². The van der Waals surface area contributed by atoms with Crippen LogP contribution in [-0.2, 0) is 0 Å². The number of nitrogens with zero attached hydrogens (tertiary/aromatic N) is 5. The number of benzene rings is 8. The van der Waals surface area contributed by atoms with Gasteiger partial charge in [-0.3, -0.25) is 0 Å². The molecule has 0 spiro atoms. The summed E-state index contributed by atoms with van der Waals surface area (Å²) in [5, 5.41) is 28.3. The maximum absolute atomic E-state index is 11.3. The molecule has 0 N–H and O–H groups in total. The molecule has 3 heterocycles. The van der Waals surface area contributed by atoms with Gasteiger partial charge in [0.25, 0.3) is 0 Å². The molecule has 0 aliphatic rings. The number of nitriles is 2. The van der Waals surface area contributed by atoms with E-state index in [2.05, 4.69) is 159 Å². The molecule has 0 saturated carbocycles. The summed E-state index contributed by atoms with van der Waals surface area (Å²) in [5.41, 5.74) is 11.8. The number of hydrogen-bond acceptors (Lipinski definition) is 2. The first-order valence-corrected chi connectivity index (χ1v) is 18.3. The predicted octanol–water partition coefficient (Wildman–Crippen LogP) is 12.4. The third-order valence-electron chi connectivity index (χ3n) is 11.1. The molecule has 254 valence electrons. The predicted molar refractivity (Wildman–Crippen MR) is 224 cm³/mol. The fourth-order valence-electron chi connectivity index (χ4n) is 8.94. The van der Waals surface area contributed by atoms with Crippen molar-refractivity contribution in [2.45, 2.75) is 0 Å². The number of hydrogen-bond donors (Lipinski definition) is 0. The Labute approximate surface area is 316 Å². The molecule has 8 aromatic carbocycles. The summed E-state index contributed by atoms with van der Waals surface area (Å²) >= 11 is 0. The minimum atomic E-state index is 0.566. The molecule has 0 bridgehead atoms. The summed E-state index contributed by atoms with van der Waals surface area (Å²) in [7, 11) is 0. The third kappa shape index (κ3) is 4.27. The molecule has 0 aliphatic carbocycles. The molecule has 3 aromatic heterocycles. The molecular formula is C50H29N5. The molecule has 0 fully saturated rings. The molecule has 0 atom stereocenters. The minimum Gasteiger partial charge on any atom is -0.307 e. The average molecular weight is 700 g/mol. The number of fused-ring (bicyclic) bond motifs is 9. The van der Waals surface area contributed by atoms with E-state index in [-0.39, 0.29) is 0 Å². The largest absolute Gasteiger partial charge is 0.307 e. The number of aromatic nitrogens is 3. The van der Waals surface area contributed by atoms with Crippen molar-refractivity contribution in [2.24, 2.45) is 0 Å². The van der Waals surface area contributed by atoms with Gasteiger partial charge in [0.15, 0.2) is 0 Å². The van der Waals surface area contributed by atoms with Gasteiger partial charge in [0.05, 0.1) is 61.3 Å². The summed E-state index contributed by atoms with van der Waals surface area (Å²) in [6, 6.07) is 65.8. The van der Waals surface area contributed by atoms with Crippen LogP contribution in [0.1, 0.15) is 11.1 Å². The van der Waals surface area contributed by atoms with Crippen LogP contribution in [0.25, 0.3) is 93.6 Å². The molecule has 11 rings (SSSR count). The maximum atomic E-state index is 11.3. The standard InChI is InChI=1S/C50H29N5/c51-30-32-14-11-21-39-37-18-4-9-26-45(37)54(49(32)39)44-25-8-1-15-34(44)33-20-12-28-47(41(33)31-52)55-46-27-10-5-19-38(46)40-22-13-29-48(50(40)55)53-42-23-6-2-16-35(42)36-17-3-7-24-43(36)53/h1-29H. The van der Waals surface area contributed by atoms with Crippen molar-refractivity contribution in [3.05, 3.63) is 187 Å². The molecule has 0 amide bonds. The van der Waals surface area contributed by atoms with Crippen molar-refractivity contribution in [2.75, 3.05) is 0 Å². The van der Waals surface area contributed by atoms with Crippen molar-refractivity contribution >= 4 is 65.4 Å². The summed E-state index contributed by atoms with van der Waals surface area (Å²) in [6.07, 6.45) is 0. The average Bonchev–Trinajstić information content (AvgIpc) is 3.89. The van der Waals surface area contributed by atoms with Crippen LogP contribution in [0.5, 0.6) is 0 Å². The van der Waals surface area contributed by atoms with Crippen LogP contribution in [0.4, 0.5) is 0 Å². The highest BCUT2D eigenvalue weighted by Crippen LogP contribution is 2.43. The van der Waals surface area contributed by atoms with E-state index in [1.165, 1.54) is 10.8 Å². The molecule has 0 radical (unpaired) electrons. The van der Waals surface area contributed by atoms with Gasteiger partial charge in [-0.05, 0) is 48.5 Å². The van der Waals surface area contributed by atoms with Crippen LogP contribution in [0.2, 0.25) is 0 Å². The molecule has 5 nitrogen and oxygen atoms in total. The van der Waals surface area contributed by atoms with E-state index in [9.17, 15) is 10.5 Å². The first-order valence-electron chi connectivity index (χ1n) is 18.3. The highest BCUT2D eigenvalue weighted by molar-refractivity contribution is 6.15. The van der Waals surface area contributed by atoms with Gasteiger partial charge in [-0.2, -0.15) is 10.5 Å². The van der Waals surface area contributed by atoms with Gasteiger partial charge in [-0.25, -0.2) is 0 Å². The Kier molecular flexibility index (Phi) is 6.61. The van der Waals surface area contributed by atoms with Gasteiger partial charge in [-0.1, -0.05) is 127 Å². The Bertz CT molecular complexity index is 3420. The highest BCUT2D eigenvalue weighted by atomic mass is 15.1. The third-order valence-corrected chi connectivity index (χ3v) is 11.1. The first-order chi connectivity index (χ1) is 27.3. The van der Waals surface area contributed by atoms with Gasteiger partial charge in [0.2, 0.25) is 0 Å². The Balaban J connectivity index is 1.24. The lowest BCUT2D eigenvalue weighted by Gasteiger charge is -2.19. The molecule has 55 heavy (non-hydrogen) atoms. The van der Waals surface area contributed by atoms with Gasteiger partial charge < -0.3 is 13.7 Å². The van der Waals surface area contributed by atoms with E-state index >= 15 is 0 Å². The molecular weight excluding hydrogens is 671 g/mol. The van der Waals surface area contributed by atoms with Gasteiger partial charge in [0.1, 0.15) is 12.1 Å². The van der Waals surface area contributed by atoms with Crippen molar-refractivity contribution in [1.29, 1.82) is 10.5 Å². The van der Waals surface area contributed by atoms with E-state index in [1.807, 2.05) is 42.5 Å². The lowest BCUT2D eigenvalue weighted by Crippen LogP contribution is -2.04. The first kappa shape index (κ1) is 30.7. The second kappa shape index (κ2) is 11.8. The fourth-order valence-corrected chi connectivity index (χ4v) is 8.94. The summed E-state index contributed by atoms with van der Waals surface area (Å²) in [5.74, 6) is 0. The van der Waals surface area contributed by atoms with Crippen LogP contribution < -0.4 is 0 Å². The van der Waals surface area contributed by atoms with Crippen molar-refractivity contribution < 1.29 is 0 Å². The van der Waals surface area contributed by atoms with Crippen molar-refractivity contribution in [3.63, 3.8) is 0 Å². The fraction of sp³-hybridized carbons (Fsp3) is 0. The highest BCUT2D eigenvalue weighted by Gasteiger charge is 2.24. The smallest absolute Gasteiger partial charge is 0.102 e. The molecule has 0 aliphatic heterocycles.